The van der Waals surface area contributed by atoms with Crippen molar-refractivity contribution in [2.75, 3.05) is 7.05 Å². The van der Waals surface area contributed by atoms with Crippen molar-refractivity contribution in [1.29, 1.82) is 0 Å². The fourth-order valence-corrected chi connectivity index (χ4v) is 2.97. The average Bonchev–Trinajstić information content (AvgIpc) is 2.40. The van der Waals surface area contributed by atoms with Gasteiger partial charge in [0.2, 0.25) is 0 Å². The number of likely N-dealkylation sites (N-methyl/N-ethyl adjacent to an activating group) is 1. The zero-order valence-corrected chi connectivity index (χ0v) is 13.0. The molecule has 0 aliphatic heterocycles. The van der Waals surface area contributed by atoms with Crippen LogP contribution in [0.5, 0.6) is 0 Å². The van der Waals surface area contributed by atoms with Crippen molar-refractivity contribution in [2.45, 2.75) is 19.4 Å². The Bertz CT molecular complexity index is 613. The summed E-state index contributed by atoms with van der Waals surface area (Å²) in [5.74, 6) is -0.797. The van der Waals surface area contributed by atoms with Crippen molar-refractivity contribution in [3.63, 3.8) is 0 Å². The topological polar surface area (TPSA) is 12.0 Å². The largest absolute Gasteiger partial charge is 0.313 e. The molecule has 2 rings (SSSR count). The molecule has 2 aromatic rings. The minimum Gasteiger partial charge on any atom is -0.313 e. The highest BCUT2D eigenvalue weighted by molar-refractivity contribution is 9.10. The lowest BCUT2D eigenvalue weighted by Crippen LogP contribution is -2.20. The smallest absolute Gasteiger partial charge is 0.126 e. The molecule has 1 N–H and O–H groups in total. The zero-order valence-electron chi connectivity index (χ0n) is 11.4. The van der Waals surface area contributed by atoms with Crippen molar-refractivity contribution < 1.29 is 8.78 Å². The molecular weight excluding hydrogens is 324 g/mol. The third kappa shape index (κ3) is 3.44. The Morgan fingerprint density at radius 3 is 2.55 bits per heavy atom. The molecule has 0 heterocycles. The Balaban J connectivity index is 2.31. The van der Waals surface area contributed by atoms with Gasteiger partial charge in [-0.05, 0) is 61.3 Å². The standard InChI is InChI=1S/C16H16BrF2N/c1-10-3-5-13(14(17)7-10)16(20-2)9-11-8-12(18)4-6-15(11)19/h3-8,16,20H,9H2,1-2H3. The van der Waals surface area contributed by atoms with Gasteiger partial charge in [-0.15, -0.1) is 0 Å². The second-order valence-corrected chi connectivity index (χ2v) is 5.66. The molecule has 0 bridgehead atoms. The van der Waals surface area contributed by atoms with E-state index in [0.29, 0.717) is 12.0 Å². The summed E-state index contributed by atoms with van der Waals surface area (Å²) in [6, 6.07) is 9.49. The van der Waals surface area contributed by atoms with Crippen LogP contribution in [-0.2, 0) is 6.42 Å². The second-order valence-electron chi connectivity index (χ2n) is 4.81. The van der Waals surface area contributed by atoms with Crippen molar-refractivity contribution in [2.24, 2.45) is 0 Å². The lowest BCUT2D eigenvalue weighted by atomic mass is 9.98. The lowest BCUT2D eigenvalue weighted by molar-refractivity contribution is 0.543. The van der Waals surface area contributed by atoms with E-state index in [1.165, 1.54) is 12.1 Å². The van der Waals surface area contributed by atoms with Crippen LogP contribution in [0.2, 0.25) is 0 Å². The van der Waals surface area contributed by atoms with Crippen LogP contribution >= 0.6 is 15.9 Å². The molecule has 0 fully saturated rings. The van der Waals surface area contributed by atoms with Gasteiger partial charge < -0.3 is 5.32 Å². The van der Waals surface area contributed by atoms with E-state index in [-0.39, 0.29) is 11.9 Å². The van der Waals surface area contributed by atoms with Gasteiger partial charge in [0.05, 0.1) is 0 Å². The van der Waals surface area contributed by atoms with E-state index in [4.69, 9.17) is 0 Å². The summed E-state index contributed by atoms with van der Waals surface area (Å²) in [6.45, 7) is 2.01. The SMILES string of the molecule is CNC(Cc1cc(F)ccc1F)c1ccc(C)cc1Br. The molecule has 20 heavy (non-hydrogen) atoms. The Hall–Kier alpha value is -1.26. The first-order valence-corrected chi connectivity index (χ1v) is 7.18. The number of rotatable bonds is 4. The number of aryl methyl sites for hydroxylation is 1. The Morgan fingerprint density at radius 2 is 1.90 bits per heavy atom. The molecule has 0 aliphatic rings. The van der Waals surface area contributed by atoms with E-state index in [2.05, 4.69) is 21.2 Å². The first-order valence-electron chi connectivity index (χ1n) is 6.38. The van der Waals surface area contributed by atoms with E-state index in [1.807, 2.05) is 32.2 Å². The van der Waals surface area contributed by atoms with Gasteiger partial charge in [0.25, 0.3) is 0 Å². The van der Waals surface area contributed by atoms with Gasteiger partial charge >= 0.3 is 0 Å². The summed E-state index contributed by atoms with van der Waals surface area (Å²) in [5, 5.41) is 3.15. The van der Waals surface area contributed by atoms with Crippen LogP contribution < -0.4 is 5.32 Å². The highest BCUT2D eigenvalue weighted by Crippen LogP contribution is 2.27. The van der Waals surface area contributed by atoms with E-state index in [1.54, 1.807) is 0 Å². The maximum absolute atomic E-state index is 13.7. The van der Waals surface area contributed by atoms with Gasteiger partial charge in [0.1, 0.15) is 11.6 Å². The third-order valence-electron chi connectivity index (χ3n) is 3.31. The van der Waals surface area contributed by atoms with E-state index >= 15 is 0 Å². The van der Waals surface area contributed by atoms with Crippen LogP contribution in [0.15, 0.2) is 40.9 Å². The quantitative estimate of drug-likeness (QED) is 0.862. The van der Waals surface area contributed by atoms with Crippen LogP contribution in [0.1, 0.15) is 22.7 Å². The van der Waals surface area contributed by atoms with Gasteiger partial charge in [-0.2, -0.15) is 0 Å². The summed E-state index contributed by atoms with van der Waals surface area (Å²) < 4.78 is 27.9. The summed E-state index contributed by atoms with van der Waals surface area (Å²) in [4.78, 5) is 0. The number of halogens is 3. The van der Waals surface area contributed by atoms with E-state index in [0.717, 1.165) is 21.7 Å². The normalized spacial score (nSPS) is 12.4. The molecule has 0 radical (unpaired) electrons. The van der Waals surface area contributed by atoms with Gasteiger partial charge in [0.15, 0.2) is 0 Å². The fourth-order valence-electron chi connectivity index (χ4n) is 2.20. The van der Waals surface area contributed by atoms with E-state index in [9.17, 15) is 8.78 Å². The minimum absolute atomic E-state index is 0.0822. The van der Waals surface area contributed by atoms with E-state index < -0.39 is 5.82 Å². The average molecular weight is 340 g/mol. The number of benzene rings is 2. The molecule has 1 unspecified atom stereocenters. The number of hydrogen-bond donors (Lipinski definition) is 1. The summed E-state index contributed by atoms with van der Waals surface area (Å²) in [5.41, 5.74) is 2.55. The van der Waals surface area contributed by atoms with Gasteiger partial charge in [-0.3, -0.25) is 0 Å². The summed E-state index contributed by atoms with van der Waals surface area (Å²) >= 11 is 3.53. The molecule has 0 aromatic heterocycles. The third-order valence-corrected chi connectivity index (χ3v) is 4.00. The Morgan fingerprint density at radius 1 is 1.15 bits per heavy atom. The first kappa shape index (κ1) is 15.1. The molecule has 1 nitrogen and oxygen atoms in total. The van der Waals surface area contributed by atoms with Crippen molar-refractivity contribution in [1.82, 2.24) is 5.32 Å². The molecular formula is C16H16BrF2N. The Kier molecular flexibility index (Phi) is 4.89. The van der Waals surface area contributed by atoms with Gasteiger partial charge in [-0.25, -0.2) is 8.78 Å². The molecule has 4 heteroatoms. The molecule has 106 valence electrons. The van der Waals surface area contributed by atoms with Gasteiger partial charge in [-0.1, -0.05) is 28.1 Å². The fraction of sp³-hybridized carbons (Fsp3) is 0.250. The van der Waals surface area contributed by atoms with Crippen LogP contribution in [0, 0.1) is 18.6 Å². The van der Waals surface area contributed by atoms with Gasteiger partial charge in [0, 0.05) is 10.5 Å². The second kappa shape index (κ2) is 6.46. The number of hydrogen-bond acceptors (Lipinski definition) is 1. The molecule has 2 aromatic carbocycles. The molecule has 0 saturated carbocycles. The Labute approximate surface area is 126 Å². The summed E-state index contributed by atoms with van der Waals surface area (Å²) in [6.07, 6.45) is 0.391. The molecule has 0 aliphatic carbocycles. The van der Waals surface area contributed by atoms with Crippen molar-refractivity contribution in [3.8, 4) is 0 Å². The first-order chi connectivity index (χ1) is 9.51. The van der Waals surface area contributed by atoms with Crippen molar-refractivity contribution >= 4 is 15.9 Å². The van der Waals surface area contributed by atoms with Crippen LogP contribution in [0.3, 0.4) is 0 Å². The minimum atomic E-state index is -0.417. The van der Waals surface area contributed by atoms with Crippen LogP contribution in [0.25, 0.3) is 0 Å². The zero-order chi connectivity index (χ0) is 14.7. The molecule has 0 amide bonds. The van der Waals surface area contributed by atoms with Crippen LogP contribution in [-0.4, -0.2) is 7.05 Å². The van der Waals surface area contributed by atoms with Crippen molar-refractivity contribution in [3.05, 3.63) is 69.2 Å². The summed E-state index contributed by atoms with van der Waals surface area (Å²) in [7, 11) is 1.81. The maximum atomic E-state index is 13.7. The predicted molar refractivity (Wildman–Crippen MR) is 80.7 cm³/mol. The molecule has 1 atom stereocenters. The maximum Gasteiger partial charge on any atom is 0.126 e. The molecule has 0 saturated heterocycles. The predicted octanol–water partition coefficient (Wildman–Crippen LogP) is 4.54. The lowest BCUT2D eigenvalue weighted by Gasteiger charge is -2.19. The molecule has 0 spiro atoms. The highest BCUT2D eigenvalue weighted by Gasteiger charge is 2.16. The highest BCUT2D eigenvalue weighted by atomic mass is 79.9. The van der Waals surface area contributed by atoms with Crippen LogP contribution in [0.4, 0.5) is 8.78 Å². The number of nitrogens with one attached hydrogen (secondary N) is 1. The monoisotopic (exact) mass is 339 g/mol.